The molecule has 0 aliphatic rings. The van der Waals surface area contributed by atoms with E-state index in [2.05, 4.69) is 10.4 Å². The van der Waals surface area contributed by atoms with Crippen molar-refractivity contribution in [3.8, 4) is 0 Å². The first-order valence-corrected chi connectivity index (χ1v) is 5.56. The predicted molar refractivity (Wildman–Crippen MR) is 66.6 cm³/mol. The summed E-state index contributed by atoms with van der Waals surface area (Å²) in [5.74, 6) is -5.42. The maximum Gasteiger partial charge on any atom is 0.259 e. The normalized spacial score (nSPS) is 10.7. The fourth-order valence-electron chi connectivity index (χ4n) is 1.70. The summed E-state index contributed by atoms with van der Waals surface area (Å²) in [4.78, 5) is 11.9. The highest BCUT2D eigenvalue weighted by Crippen LogP contribution is 2.22. The van der Waals surface area contributed by atoms with Crippen molar-refractivity contribution < 1.29 is 18.0 Å². The Balaban J connectivity index is 2.36. The van der Waals surface area contributed by atoms with Gasteiger partial charge in [0.05, 0.1) is 16.9 Å². The molecule has 0 aliphatic heterocycles. The number of nitrogens with zero attached hydrogens (tertiary/aromatic N) is 2. The zero-order chi connectivity index (χ0) is 15.0. The molecule has 0 aliphatic carbocycles. The van der Waals surface area contributed by atoms with E-state index in [0.29, 0.717) is 11.8 Å². The van der Waals surface area contributed by atoms with E-state index in [4.69, 9.17) is 5.73 Å². The zero-order valence-electron chi connectivity index (χ0n) is 10.7. The molecule has 0 bridgehead atoms. The minimum atomic E-state index is -1.70. The van der Waals surface area contributed by atoms with E-state index in [0.717, 1.165) is 6.07 Å². The van der Waals surface area contributed by atoms with Crippen LogP contribution < -0.4 is 11.1 Å². The molecule has 2 aromatic rings. The number of aromatic nitrogens is 2. The van der Waals surface area contributed by atoms with E-state index in [1.807, 2.05) is 0 Å². The highest BCUT2D eigenvalue weighted by atomic mass is 19.2. The summed E-state index contributed by atoms with van der Waals surface area (Å²) in [5.41, 5.74) is 5.77. The Labute approximate surface area is 112 Å². The molecule has 1 aromatic carbocycles. The number of halogens is 3. The van der Waals surface area contributed by atoms with Gasteiger partial charge in [-0.05, 0) is 19.1 Å². The van der Waals surface area contributed by atoms with Crippen LogP contribution in [0.3, 0.4) is 0 Å². The lowest BCUT2D eigenvalue weighted by Crippen LogP contribution is -2.18. The van der Waals surface area contributed by atoms with E-state index < -0.39 is 28.9 Å². The van der Waals surface area contributed by atoms with Gasteiger partial charge < -0.3 is 11.1 Å². The number of nitrogens with two attached hydrogens (primary N) is 1. The van der Waals surface area contributed by atoms with Crippen molar-refractivity contribution in [2.24, 2.45) is 7.05 Å². The van der Waals surface area contributed by atoms with E-state index in [9.17, 15) is 18.0 Å². The molecule has 0 fully saturated rings. The summed E-state index contributed by atoms with van der Waals surface area (Å²) in [5, 5.41) is 6.27. The summed E-state index contributed by atoms with van der Waals surface area (Å²) in [6.45, 7) is 1.63. The Hall–Kier alpha value is -2.51. The molecule has 8 heteroatoms. The summed E-state index contributed by atoms with van der Waals surface area (Å²) in [6, 6.07) is 1.52. The molecule has 1 aromatic heterocycles. The van der Waals surface area contributed by atoms with Crippen LogP contribution >= 0.6 is 0 Å². The summed E-state index contributed by atoms with van der Waals surface area (Å²) in [6.07, 6.45) is 0. The third kappa shape index (κ3) is 2.20. The predicted octanol–water partition coefficient (Wildman–Crippen LogP) is 1.98. The van der Waals surface area contributed by atoms with Crippen LogP contribution in [0.15, 0.2) is 12.1 Å². The van der Waals surface area contributed by atoms with Crippen molar-refractivity contribution in [2.45, 2.75) is 6.92 Å². The standard InChI is InChI=1S/C12H11F3N4O/c1-5-10(16)11(19(2)18-5)17-12(20)6-3-4-7(13)9(15)8(6)14/h3-4H,16H2,1-2H3,(H,17,20). The Morgan fingerprint density at radius 2 is 1.95 bits per heavy atom. The first-order valence-electron chi connectivity index (χ1n) is 5.56. The van der Waals surface area contributed by atoms with Gasteiger partial charge in [0.25, 0.3) is 5.91 Å². The lowest BCUT2D eigenvalue weighted by atomic mass is 10.2. The Kier molecular flexibility index (Phi) is 3.39. The van der Waals surface area contributed by atoms with Gasteiger partial charge in [-0.2, -0.15) is 5.10 Å². The second-order valence-electron chi connectivity index (χ2n) is 4.15. The van der Waals surface area contributed by atoms with Crippen LogP contribution in [0.25, 0.3) is 0 Å². The lowest BCUT2D eigenvalue weighted by Gasteiger charge is -2.08. The number of anilines is 2. The monoisotopic (exact) mass is 284 g/mol. The first-order chi connectivity index (χ1) is 9.32. The minimum absolute atomic E-state index is 0.150. The average molecular weight is 284 g/mol. The molecule has 1 amide bonds. The number of amides is 1. The molecule has 0 atom stereocenters. The lowest BCUT2D eigenvalue weighted by molar-refractivity contribution is 0.102. The maximum atomic E-state index is 13.5. The molecule has 0 spiro atoms. The van der Waals surface area contributed by atoms with Gasteiger partial charge in [-0.25, -0.2) is 13.2 Å². The van der Waals surface area contributed by atoms with Crippen molar-refractivity contribution >= 4 is 17.4 Å². The summed E-state index contributed by atoms with van der Waals surface area (Å²) < 4.78 is 40.7. The van der Waals surface area contributed by atoms with E-state index >= 15 is 0 Å². The smallest absolute Gasteiger partial charge is 0.259 e. The van der Waals surface area contributed by atoms with E-state index in [1.165, 1.54) is 11.7 Å². The van der Waals surface area contributed by atoms with Gasteiger partial charge in [0.15, 0.2) is 23.3 Å². The van der Waals surface area contributed by atoms with Crippen LogP contribution in [0, 0.1) is 24.4 Å². The second kappa shape index (κ2) is 4.87. The summed E-state index contributed by atoms with van der Waals surface area (Å²) in [7, 11) is 1.53. The number of aryl methyl sites for hydroxylation is 2. The average Bonchev–Trinajstić information content (AvgIpc) is 2.62. The van der Waals surface area contributed by atoms with Crippen molar-refractivity contribution in [1.29, 1.82) is 0 Å². The largest absolute Gasteiger partial charge is 0.394 e. The molecule has 0 radical (unpaired) electrons. The van der Waals surface area contributed by atoms with Gasteiger partial charge >= 0.3 is 0 Å². The van der Waals surface area contributed by atoms with Gasteiger partial charge in [-0.15, -0.1) is 0 Å². The number of carbonyl (C=O) groups is 1. The van der Waals surface area contributed by atoms with Gasteiger partial charge in [-0.1, -0.05) is 0 Å². The van der Waals surface area contributed by atoms with Gasteiger partial charge in [0, 0.05) is 7.05 Å². The number of carbonyl (C=O) groups excluding carboxylic acids is 1. The van der Waals surface area contributed by atoms with Crippen LogP contribution in [0.1, 0.15) is 16.1 Å². The third-order valence-electron chi connectivity index (χ3n) is 2.78. The number of nitrogen functional groups attached to an aromatic ring is 1. The van der Waals surface area contributed by atoms with Crippen LogP contribution in [0.5, 0.6) is 0 Å². The fourth-order valence-corrected chi connectivity index (χ4v) is 1.70. The van der Waals surface area contributed by atoms with Crippen LogP contribution in [-0.2, 0) is 7.05 Å². The second-order valence-corrected chi connectivity index (χ2v) is 4.15. The molecule has 20 heavy (non-hydrogen) atoms. The van der Waals surface area contributed by atoms with Crippen molar-refractivity contribution in [1.82, 2.24) is 9.78 Å². The number of hydrogen-bond donors (Lipinski definition) is 2. The van der Waals surface area contributed by atoms with Gasteiger partial charge in [-0.3, -0.25) is 9.48 Å². The number of rotatable bonds is 2. The van der Waals surface area contributed by atoms with Gasteiger partial charge in [0.1, 0.15) is 0 Å². The van der Waals surface area contributed by atoms with Crippen molar-refractivity contribution in [2.75, 3.05) is 11.1 Å². The highest BCUT2D eigenvalue weighted by Gasteiger charge is 2.21. The van der Waals surface area contributed by atoms with E-state index in [-0.39, 0.29) is 11.5 Å². The Morgan fingerprint density at radius 1 is 1.30 bits per heavy atom. The molecule has 0 saturated heterocycles. The number of hydrogen-bond acceptors (Lipinski definition) is 3. The first kappa shape index (κ1) is 13.9. The molecule has 1 heterocycles. The zero-order valence-corrected chi connectivity index (χ0v) is 10.7. The van der Waals surface area contributed by atoms with Crippen LogP contribution in [0.2, 0.25) is 0 Å². The van der Waals surface area contributed by atoms with Crippen LogP contribution in [-0.4, -0.2) is 15.7 Å². The molecular weight excluding hydrogens is 273 g/mol. The quantitative estimate of drug-likeness (QED) is 0.828. The molecule has 5 nitrogen and oxygen atoms in total. The highest BCUT2D eigenvalue weighted by molar-refractivity contribution is 6.05. The Bertz CT molecular complexity index is 696. The fraction of sp³-hybridized carbons (Fsp3) is 0.167. The Morgan fingerprint density at radius 3 is 2.50 bits per heavy atom. The van der Waals surface area contributed by atoms with Gasteiger partial charge in [0.2, 0.25) is 0 Å². The summed E-state index contributed by atoms with van der Waals surface area (Å²) >= 11 is 0. The minimum Gasteiger partial charge on any atom is -0.394 e. The number of nitrogens with one attached hydrogen (secondary N) is 1. The molecular formula is C12H11F3N4O. The maximum absolute atomic E-state index is 13.5. The number of benzene rings is 1. The molecule has 3 N–H and O–H groups in total. The van der Waals surface area contributed by atoms with Crippen LogP contribution in [0.4, 0.5) is 24.7 Å². The van der Waals surface area contributed by atoms with Crippen molar-refractivity contribution in [3.63, 3.8) is 0 Å². The van der Waals surface area contributed by atoms with E-state index in [1.54, 1.807) is 6.92 Å². The third-order valence-corrected chi connectivity index (χ3v) is 2.78. The molecule has 106 valence electrons. The van der Waals surface area contributed by atoms with Crippen molar-refractivity contribution in [3.05, 3.63) is 40.8 Å². The molecule has 0 saturated carbocycles. The molecule has 0 unspecified atom stereocenters. The SMILES string of the molecule is Cc1nn(C)c(NC(=O)c2ccc(F)c(F)c2F)c1N. The topological polar surface area (TPSA) is 72.9 Å². The molecule has 2 rings (SSSR count).